The van der Waals surface area contributed by atoms with Crippen molar-refractivity contribution in [1.29, 1.82) is 0 Å². The molecule has 0 aliphatic rings. The smallest absolute Gasteiger partial charge is 0.174 e. The molecule has 15 heavy (non-hydrogen) atoms. The first-order chi connectivity index (χ1) is 7.13. The number of halogens is 1. The lowest BCUT2D eigenvalue weighted by atomic mass is 10.1. The number of aliphatic hydroxyl groups is 1. The predicted molar refractivity (Wildman–Crippen MR) is 66.3 cm³/mol. The topological polar surface area (TPSA) is 64.7 Å². The number of hydrogen-bond donors (Lipinski definition) is 2. The van der Waals surface area contributed by atoms with E-state index in [2.05, 4.69) is 22.6 Å². The molecule has 0 unspecified atom stereocenters. The van der Waals surface area contributed by atoms with Gasteiger partial charge >= 0.3 is 0 Å². The molecule has 0 heterocycles. The van der Waals surface area contributed by atoms with Crippen molar-refractivity contribution in [2.75, 3.05) is 20.8 Å². The highest BCUT2D eigenvalue weighted by molar-refractivity contribution is 14.1. The first-order valence-electron chi connectivity index (χ1n) is 4.41. The third-order valence-electron chi connectivity index (χ3n) is 2.08. The van der Waals surface area contributed by atoms with E-state index in [1.54, 1.807) is 20.3 Å². The molecule has 5 heteroatoms. The molecule has 1 aromatic rings. The van der Waals surface area contributed by atoms with E-state index in [-0.39, 0.29) is 6.61 Å². The maximum Gasteiger partial charge on any atom is 0.174 e. The van der Waals surface area contributed by atoms with Crippen LogP contribution in [0.5, 0.6) is 11.5 Å². The molecule has 3 N–H and O–H groups in total. The molecule has 1 rings (SSSR count). The second-order valence-corrected chi connectivity index (χ2v) is 4.19. The summed E-state index contributed by atoms with van der Waals surface area (Å²) in [6.45, 7) is -0.0917. The van der Waals surface area contributed by atoms with Crippen molar-refractivity contribution < 1.29 is 14.6 Å². The lowest BCUT2D eigenvalue weighted by Gasteiger charge is -2.14. The Kier molecular flexibility index (Phi) is 4.62. The first-order valence-corrected chi connectivity index (χ1v) is 5.49. The summed E-state index contributed by atoms with van der Waals surface area (Å²) in [5.74, 6) is 1.32. The van der Waals surface area contributed by atoms with Crippen molar-refractivity contribution in [1.82, 2.24) is 0 Å². The third-order valence-corrected chi connectivity index (χ3v) is 2.88. The summed E-state index contributed by atoms with van der Waals surface area (Å²) in [4.78, 5) is 0. The first kappa shape index (κ1) is 12.5. The van der Waals surface area contributed by atoms with E-state index in [1.165, 1.54) is 0 Å². The van der Waals surface area contributed by atoms with Gasteiger partial charge in [-0.2, -0.15) is 0 Å². The van der Waals surface area contributed by atoms with Crippen molar-refractivity contribution in [3.63, 3.8) is 0 Å². The summed E-state index contributed by atoms with van der Waals surface area (Å²) < 4.78 is 11.3. The normalized spacial score (nSPS) is 12.3. The molecule has 0 aliphatic carbocycles. The minimum absolute atomic E-state index is 0.0917. The summed E-state index contributed by atoms with van der Waals surface area (Å²) >= 11 is 2.14. The van der Waals surface area contributed by atoms with Crippen LogP contribution in [-0.2, 0) is 0 Å². The predicted octanol–water partition coefficient (Wildman–Crippen LogP) is 1.30. The fraction of sp³-hybridized carbons (Fsp3) is 0.400. The molecule has 1 atom stereocenters. The number of nitrogens with two attached hydrogens (primary N) is 1. The van der Waals surface area contributed by atoms with Crippen LogP contribution in [0.2, 0.25) is 0 Å². The molecule has 0 saturated heterocycles. The van der Waals surface area contributed by atoms with Gasteiger partial charge in [-0.1, -0.05) is 0 Å². The Morgan fingerprint density at radius 3 is 2.53 bits per heavy atom. The standard InChI is InChI=1S/C10H14INO3/c1-14-9-4-6(8(12)5-13)3-7(11)10(9)15-2/h3-4,8,13H,5,12H2,1-2H3/t8-/m0/s1. The van der Waals surface area contributed by atoms with Gasteiger partial charge in [-0.25, -0.2) is 0 Å². The van der Waals surface area contributed by atoms with Crippen molar-refractivity contribution in [2.45, 2.75) is 6.04 Å². The van der Waals surface area contributed by atoms with E-state index in [1.807, 2.05) is 6.07 Å². The minimum atomic E-state index is -0.390. The molecule has 0 aliphatic heterocycles. The summed E-state index contributed by atoms with van der Waals surface area (Å²) in [6.07, 6.45) is 0. The summed E-state index contributed by atoms with van der Waals surface area (Å²) in [7, 11) is 3.16. The molecule has 1 aromatic carbocycles. The van der Waals surface area contributed by atoms with E-state index in [0.717, 1.165) is 9.13 Å². The van der Waals surface area contributed by atoms with Gasteiger partial charge in [0.2, 0.25) is 0 Å². The average molecular weight is 323 g/mol. The average Bonchev–Trinajstić information content (AvgIpc) is 2.26. The lowest BCUT2D eigenvalue weighted by Crippen LogP contribution is -2.14. The zero-order chi connectivity index (χ0) is 11.4. The lowest BCUT2D eigenvalue weighted by molar-refractivity contribution is 0.267. The Morgan fingerprint density at radius 2 is 2.07 bits per heavy atom. The molecule has 4 nitrogen and oxygen atoms in total. The Morgan fingerprint density at radius 1 is 1.40 bits per heavy atom. The highest BCUT2D eigenvalue weighted by Crippen LogP contribution is 2.34. The molecular formula is C10H14INO3. The number of hydrogen-bond acceptors (Lipinski definition) is 4. The van der Waals surface area contributed by atoms with Crippen LogP contribution in [0.4, 0.5) is 0 Å². The van der Waals surface area contributed by atoms with Crippen molar-refractivity contribution >= 4 is 22.6 Å². The van der Waals surface area contributed by atoms with Gasteiger partial charge in [-0.05, 0) is 40.3 Å². The number of rotatable bonds is 4. The highest BCUT2D eigenvalue weighted by atomic mass is 127. The quantitative estimate of drug-likeness (QED) is 0.820. The Balaban J connectivity index is 3.19. The van der Waals surface area contributed by atoms with Gasteiger partial charge < -0.3 is 20.3 Å². The van der Waals surface area contributed by atoms with Crippen LogP contribution in [0.3, 0.4) is 0 Å². The highest BCUT2D eigenvalue weighted by Gasteiger charge is 2.13. The zero-order valence-corrected chi connectivity index (χ0v) is 10.8. The largest absolute Gasteiger partial charge is 0.493 e. The van der Waals surface area contributed by atoms with Crippen molar-refractivity contribution in [3.05, 3.63) is 21.3 Å². The van der Waals surface area contributed by atoms with Crippen LogP contribution >= 0.6 is 22.6 Å². The van der Waals surface area contributed by atoms with E-state index in [9.17, 15) is 0 Å². The molecule has 0 fully saturated rings. The molecule has 0 amide bonds. The second kappa shape index (κ2) is 5.53. The van der Waals surface area contributed by atoms with Crippen LogP contribution in [0, 0.1) is 3.57 Å². The van der Waals surface area contributed by atoms with Gasteiger partial charge in [0.05, 0.1) is 30.4 Å². The van der Waals surface area contributed by atoms with Crippen LogP contribution in [0.1, 0.15) is 11.6 Å². The molecule has 0 bridgehead atoms. The molecule has 0 radical (unpaired) electrons. The zero-order valence-electron chi connectivity index (χ0n) is 8.66. The van der Waals surface area contributed by atoms with Gasteiger partial charge in [0.15, 0.2) is 11.5 Å². The molecule has 0 spiro atoms. The summed E-state index contributed by atoms with van der Waals surface area (Å²) in [6, 6.07) is 3.27. The second-order valence-electron chi connectivity index (χ2n) is 3.03. The minimum Gasteiger partial charge on any atom is -0.493 e. The monoisotopic (exact) mass is 323 g/mol. The molecule has 84 valence electrons. The van der Waals surface area contributed by atoms with E-state index in [0.29, 0.717) is 11.5 Å². The SMILES string of the molecule is COc1cc([C@@H](N)CO)cc(I)c1OC. The van der Waals surface area contributed by atoms with Crippen LogP contribution in [0.25, 0.3) is 0 Å². The maximum atomic E-state index is 8.97. The Hall–Kier alpha value is -0.530. The Bertz CT molecular complexity index is 344. The van der Waals surface area contributed by atoms with Gasteiger partial charge in [-0.3, -0.25) is 0 Å². The fourth-order valence-electron chi connectivity index (χ4n) is 1.26. The van der Waals surface area contributed by atoms with E-state index < -0.39 is 6.04 Å². The van der Waals surface area contributed by atoms with Crippen LogP contribution in [0.15, 0.2) is 12.1 Å². The molecule has 0 saturated carbocycles. The number of benzene rings is 1. The number of methoxy groups -OCH3 is 2. The van der Waals surface area contributed by atoms with Crippen LogP contribution < -0.4 is 15.2 Å². The van der Waals surface area contributed by atoms with Gasteiger partial charge in [-0.15, -0.1) is 0 Å². The van der Waals surface area contributed by atoms with Crippen molar-refractivity contribution in [3.8, 4) is 11.5 Å². The van der Waals surface area contributed by atoms with Gasteiger partial charge in [0.1, 0.15) is 0 Å². The number of aliphatic hydroxyl groups excluding tert-OH is 1. The van der Waals surface area contributed by atoms with E-state index >= 15 is 0 Å². The van der Waals surface area contributed by atoms with Gasteiger partial charge in [0.25, 0.3) is 0 Å². The Labute approximate surface area is 103 Å². The summed E-state index contributed by atoms with van der Waals surface area (Å²) in [5.41, 5.74) is 6.56. The fourth-order valence-corrected chi connectivity index (χ4v) is 2.10. The van der Waals surface area contributed by atoms with Crippen molar-refractivity contribution in [2.24, 2.45) is 5.73 Å². The van der Waals surface area contributed by atoms with Crippen LogP contribution in [-0.4, -0.2) is 25.9 Å². The third kappa shape index (κ3) is 2.73. The van der Waals surface area contributed by atoms with E-state index in [4.69, 9.17) is 20.3 Å². The molecular weight excluding hydrogens is 309 g/mol. The number of ether oxygens (including phenoxy) is 2. The summed E-state index contributed by atoms with van der Waals surface area (Å²) in [5, 5.41) is 8.97. The van der Waals surface area contributed by atoms with Gasteiger partial charge in [0, 0.05) is 0 Å². The maximum absolute atomic E-state index is 8.97. The molecule has 0 aromatic heterocycles.